The largest absolute Gasteiger partial charge is 0.497 e. The van der Waals surface area contributed by atoms with E-state index in [4.69, 9.17) is 14.7 Å². The summed E-state index contributed by atoms with van der Waals surface area (Å²) in [6, 6.07) is 15.4. The predicted molar refractivity (Wildman–Crippen MR) is 114 cm³/mol. The number of aromatic nitrogens is 2. The van der Waals surface area contributed by atoms with Gasteiger partial charge in [0.2, 0.25) is 0 Å². The van der Waals surface area contributed by atoms with Gasteiger partial charge in [0, 0.05) is 36.1 Å². The first-order valence-electron chi connectivity index (χ1n) is 9.63. The molecule has 4 aromatic rings. The molecule has 2 aromatic heterocycles. The van der Waals surface area contributed by atoms with E-state index in [0.717, 1.165) is 11.3 Å². The molecule has 0 radical (unpaired) electrons. The second kappa shape index (κ2) is 8.36. The number of halogens is 1. The number of nitriles is 1. The van der Waals surface area contributed by atoms with E-state index in [2.05, 4.69) is 0 Å². The molecule has 0 aliphatic carbocycles. The Labute approximate surface area is 178 Å². The van der Waals surface area contributed by atoms with E-state index in [1.165, 1.54) is 12.1 Å². The van der Waals surface area contributed by atoms with Crippen LogP contribution in [-0.4, -0.2) is 23.2 Å². The van der Waals surface area contributed by atoms with Crippen LogP contribution < -0.4 is 15.0 Å². The maximum Gasteiger partial charge on any atom is 0.275 e. The summed E-state index contributed by atoms with van der Waals surface area (Å²) < 4.78 is 28.2. The third-order valence-corrected chi connectivity index (χ3v) is 5.22. The molecule has 2 heterocycles. The molecule has 31 heavy (non-hydrogen) atoms. The maximum absolute atomic E-state index is 14.1. The molecule has 6 nitrogen and oxygen atoms in total. The summed E-state index contributed by atoms with van der Waals surface area (Å²) in [5, 5.41) is 8.95. The lowest BCUT2D eigenvalue weighted by molar-refractivity contribution is 0.390. The van der Waals surface area contributed by atoms with Gasteiger partial charge in [-0.15, -0.1) is 0 Å². The molecule has 0 unspecified atom stereocenters. The van der Waals surface area contributed by atoms with E-state index in [9.17, 15) is 9.18 Å². The van der Waals surface area contributed by atoms with Crippen molar-refractivity contribution < 1.29 is 13.9 Å². The van der Waals surface area contributed by atoms with Gasteiger partial charge in [0.05, 0.1) is 26.3 Å². The predicted octanol–water partition coefficient (Wildman–Crippen LogP) is 3.77. The van der Waals surface area contributed by atoms with Gasteiger partial charge >= 0.3 is 0 Å². The fourth-order valence-electron chi connectivity index (χ4n) is 3.64. The number of nitrogens with zero attached hydrogens (tertiary/aromatic N) is 3. The normalized spacial score (nSPS) is 10.8. The standard InChI is InChI=1S/C24H20FN3O3/c1-30-20-8-7-18(23(12-20)31-2)14-27-15-19(28-9-3-4-22(28)24(27)29)10-16-5-6-17(13-26)21(25)11-16/h3-9,11-12,15H,10,14H2,1-2H3. The number of hydrogen-bond acceptors (Lipinski definition) is 4. The van der Waals surface area contributed by atoms with Gasteiger partial charge in [-0.1, -0.05) is 6.07 Å². The van der Waals surface area contributed by atoms with Crippen LogP contribution in [0.5, 0.6) is 11.5 Å². The van der Waals surface area contributed by atoms with E-state index in [0.29, 0.717) is 35.5 Å². The molecule has 0 saturated carbocycles. The molecule has 2 aromatic carbocycles. The number of ether oxygens (including phenoxy) is 2. The summed E-state index contributed by atoms with van der Waals surface area (Å²) in [6.45, 7) is 0.308. The minimum absolute atomic E-state index is 0.00596. The quantitative estimate of drug-likeness (QED) is 0.479. The van der Waals surface area contributed by atoms with Gasteiger partial charge < -0.3 is 18.4 Å². The number of rotatable bonds is 6. The van der Waals surface area contributed by atoms with Crippen LogP contribution >= 0.6 is 0 Å². The van der Waals surface area contributed by atoms with Gasteiger partial charge in [-0.25, -0.2) is 4.39 Å². The van der Waals surface area contributed by atoms with E-state index in [1.807, 2.05) is 24.4 Å². The first kappa shape index (κ1) is 20.2. The molecule has 0 bridgehead atoms. The highest BCUT2D eigenvalue weighted by Gasteiger charge is 2.13. The molecule has 0 atom stereocenters. The Morgan fingerprint density at radius 1 is 1.10 bits per heavy atom. The van der Waals surface area contributed by atoms with E-state index < -0.39 is 5.82 Å². The Bertz CT molecular complexity index is 1360. The highest BCUT2D eigenvalue weighted by Crippen LogP contribution is 2.25. The van der Waals surface area contributed by atoms with Crippen LogP contribution in [0.25, 0.3) is 5.52 Å². The van der Waals surface area contributed by atoms with Crippen LogP contribution in [0.2, 0.25) is 0 Å². The minimum atomic E-state index is -0.556. The van der Waals surface area contributed by atoms with Gasteiger partial charge in [0.1, 0.15) is 28.9 Å². The van der Waals surface area contributed by atoms with Crippen molar-refractivity contribution in [2.45, 2.75) is 13.0 Å². The zero-order valence-corrected chi connectivity index (χ0v) is 17.1. The topological polar surface area (TPSA) is 68.7 Å². The first-order valence-corrected chi connectivity index (χ1v) is 9.63. The molecule has 0 aliphatic heterocycles. The molecule has 0 spiro atoms. The van der Waals surface area contributed by atoms with E-state index in [1.54, 1.807) is 53.6 Å². The monoisotopic (exact) mass is 417 g/mol. The molecule has 156 valence electrons. The molecule has 4 rings (SSSR count). The highest BCUT2D eigenvalue weighted by atomic mass is 19.1. The summed E-state index contributed by atoms with van der Waals surface area (Å²) in [7, 11) is 3.15. The van der Waals surface area contributed by atoms with Crippen LogP contribution in [0.3, 0.4) is 0 Å². The van der Waals surface area contributed by atoms with Crippen molar-refractivity contribution in [3.8, 4) is 17.6 Å². The SMILES string of the molecule is COc1ccc(Cn2cc(Cc3ccc(C#N)c(F)c3)n3cccc3c2=O)c(OC)c1. The van der Waals surface area contributed by atoms with Gasteiger partial charge in [0.25, 0.3) is 5.56 Å². The summed E-state index contributed by atoms with van der Waals surface area (Å²) in [6.07, 6.45) is 3.98. The second-order valence-electron chi connectivity index (χ2n) is 7.10. The third kappa shape index (κ3) is 3.88. The Morgan fingerprint density at radius 3 is 2.65 bits per heavy atom. The molecule has 0 saturated heterocycles. The summed E-state index contributed by atoms with van der Waals surface area (Å²) in [4.78, 5) is 13.0. The van der Waals surface area contributed by atoms with Crippen molar-refractivity contribution in [3.63, 3.8) is 0 Å². The molecular formula is C24H20FN3O3. The van der Waals surface area contributed by atoms with Crippen LogP contribution in [0.15, 0.2) is 65.7 Å². The molecular weight excluding hydrogens is 397 g/mol. The van der Waals surface area contributed by atoms with Crippen LogP contribution in [-0.2, 0) is 13.0 Å². The van der Waals surface area contributed by atoms with Gasteiger partial charge in [0.15, 0.2) is 0 Å². The minimum Gasteiger partial charge on any atom is -0.497 e. The molecule has 7 heteroatoms. The van der Waals surface area contributed by atoms with Crippen molar-refractivity contribution in [2.75, 3.05) is 14.2 Å². The van der Waals surface area contributed by atoms with Crippen LogP contribution in [0.1, 0.15) is 22.4 Å². The number of methoxy groups -OCH3 is 2. The highest BCUT2D eigenvalue weighted by molar-refractivity contribution is 5.48. The number of hydrogen-bond donors (Lipinski definition) is 0. The van der Waals surface area contributed by atoms with Crippen LogP contribution in [0, 0.1) is 17.1 Å². The fraction of sp³-hybridized carbons (Fsp3) is 0.167. The van der Waals surface area contributed by atoms with Crippen molar-refractivity contribution >= 4 is 5.52 Å². The Hall–Kier alpha value is -4.05. The summed E-state index contributed by atoms with van der Waals surface area (Å²) in [5.41, 5.74) is 2.75. The van der Waals surface area contributed by atoms with Crippen molar-refractivity contribution in [1.82, 2.24) is 8.97 Å². The Morgan fingerprint density at radius 2 is 1.94 bits per heavy atom. The van der Waals surface area contributed by atoms with Gasteiger partial charge in [-0.05, 0) is 42.0 Å². The summed E-state index contributed by atoms with van der Waals surface area (Å²) >= 11 is 0. The first-order chi connectivity index (χ1) is 15.0. The summed E-state index contributed by atoms with van der Waals surface area (Å²) in [5.74, 6) is 0.732. The van der Waals surface area contributed by atoms with Crippen molar-refractivity contribution in [1.29, 1.82) is 5.26 Å². The molecule has 0 N–H and O–H groups in total. The maximum atomic E-state index is 14.1. The lowest BCUT2D eigenvalue weighted by atomic mass is 10.1. The number of benzene rings is 2. The van der Waals surface area contributed by atoms with Crippen molar-refractivity contribution in [3.05, 3.63) is 99.5 Å². The molecule has 0 amide bonds. The molecule has 0 fully saturated rings. The smallest absolute Gasteiger partial charge is 0.275 e. The molecule has 0 aliphatic rings. The third-order valence-electron chi connectivity index (χ3n) is 5.22. The number of fused-ring (bicyclic) bond motifs is 1. The zero-order valence-electron chi connectivity index (χ0n) is 17.1. The lowest BCUT2D eigenvalue weighted by Crippen LogP contribution is -2.24. The van der Waals surface area contributed by atoms with E-state index in [-0.39, 0.29) is 11.1 Å². The van der Waals surface area contributed by atoms with E-state index >= 15 is 0 Å². The fourth-order valence-corrected chi connectivity index (χ4v) is 3.64. The van der Waals surface area contributed by atoms with Gasteiger partial charge in [-0.2, -0.15) is 5.26 Å². The van der Waals surface area contributed by atoms with Crippen molar-refractivity contribution in [2.24, 2.45) is 0 Å². The average Bonchev–Trinajstić information content (AvgIpc) is 3.28. The Kier molecular flexibility index (Phi) is 5.46. The van der Waals surface area contributed by atoms with Gasteiger partial charge in [-0.3, -0.25) is 4.79 Å². The van der Waals surface area contributed by atoms with Crippen LogP contribution in [0.4, 0.5) is 4.39 Å². The zero-order chi connectivity index (χ0) is 22.0. The Balaban J connectivity index is 1.76. The second-order valence-corrected chi connectivity index (χ2v) is 7.10. The lowest BCUT2D eigenvalue weighted by Gasteiger charge is -2.15. The average molecular weight is 417 g/mol.